The summed E-state index contributed by atoms with van der Waals surface area (Å²) in [6.07, 6.45) is 0. The van der Waals surface area contributed by atoms with E-state index in [9.17, 15) is 9.18 Å². The standard InChI is InChI=1S/C18H15FN2OS/c1-12-4-3-5-14(10-12)17(22)21(2)18-20-16(11-23-18)13-6-8-15(19)9-7-13/h3-11H,1-2H3. The summed E-state index contributed by atoms with van der Waals surface area (Å²) in [4.78, 5) is 18.5. The molecule has 1 amide bonds. The average Bonchev–Trinajstić information content (AvgIpc) is 3.04. The van der Waals surface area contributed by atoms with E-state index in [2.05, 4.69) is 4.98 Å². The number of nitrogens with zero attached hydrogens (tertiary/aromatic N) is 2. The summed E-state index contributed by atoms with van der Waals surface area (Å²) in [5.74, 6) is -0.385. The van der Waals surface area contributed by atoms with E-state index in [1.165, 1.54) is 28.4 Å². The van der Waals surface area contributed by atoms with Gasteiger partial charge in [-0.3, -0.25) is 9.69 Å². The van der Waals surface area contributed by atoms with Gasteiger partial charge in [-0.15, -0.1) is 11.3 Å². The van der Waals surface area contributed by atoms with Crippen LogP contribution in [0.5, 0.6) is 0 Å². The zero-order chi connectivity index (χ0) is 16.4. The van der Waals surface area contributed by atoms with E-state index in [4.69, 9.17) is 0 Å². The third-order valence-electron chi connectivity index (χ3n) is 3.49. The van der Waals surface area contributed by atoms with E-state index < -0.39 is 0 Å². The molecule has 0 aliphatic carbocycles. The summed E-state index contributed by atoms with van der Waals surface area (Å²) in [6.45, 7) is 1.95. The number of hydrogen-bond donors (Lipinski definition) is 0. The van der Waals surface area contributed by atoms with Crippen molar-refractivity contribution in [3.8, 4) is 11.3 Å². The number of thiazole rings is 1. The fourth-order valence-electron chi connectivity index (χ4n) is 2.23. The number of carbonyl (C=O) groups is 1. The fourth-order valence-corrected chi connectivity index (χ4v) is 3.03. The van der Waals surface area contributed by atoms with Gasteiger partial charge in [0.2, 0.25) is 0 Å². The molecule has 0 N–H and O–H groups in total. The minimum absolute atomic E-state index is 0.103. The number of anilines is 1. The number of hydrogen-bond acceptors (Lipinski definition) is 3. The van der Waals surface area contributed by atoms with Crippen LogP contribution in [0.4, 0.5) is 9.52 Å². The maximum Gasteiger partial charge on any atom is 0.259 e. The molecule has 3 rings (SSSR count). The molecule has 2 aromatic carbocycles. The van der Waals surface area contributed by atoms with E-state index in [0.29, 0.717) is 10.7 Å². The van der Waals surface area contributed by atoms with Crippen LogP contribution in [0.25, 0.3) is 11.3 Å². The lowest BCUT2D eigenvalue weighted by Crippen LogP contribution is -2.26. The molecule has 0 saturated heterocycles. The van der Waals surface area contributed by atoms with Gasteiger partial charge in [0.25, 0.3) is 5.91 Å². The minimum atomic E-state index is -0.282. The van der Waals surface area contributed by atoms with Gasteiger partial charge in [0.15, 0.2) is 5.13 Å². The van der Waals surface area contributed by atoms with E-state index in [0.717, 1.165) is 16.8 Å². The normalized spacial score (nSPS) is 10.6. The SMILES string of the molecule is Cc1cccc(C(=O)N(C)c2nc(-c3ccc(F)cc3)cs2)c1. The summed E-state index contributed by atoms with van der Waals surface area (Å²) < 4.78 is 13.0. The van der Waals surface area contributed by atoms with Crippen LogP contribution in [0.15, 0.2) is 53.9 Å². The van der Waals surface area contributed by atoms with Gasteiger partial charge in [0.05, 0.1) is 5.69 Å². The molecule has 1 heterocycles. The lowest BCUT2D eigenvalue weighted by atomic mass is 10.1. The Morgan fingerprint density at radius 1 is 1.17 bits per heavy atom. The second-order valence-corrected chi connectivity index (χ2v) is 6.09. The van der Waals surface area contributed by atoms with Crippen molar-refractivity contribution in [2.24, 2.45) is 0 Å². The van der Waals surface area contributed by atoms with Gasteiger partial charge in [-0.2, -0.15) is 0 Å². The minimum Gasteiger partial charge on any atom is -0.287 e. The van der Waals surface area contributed by atoms with Crippen LogP contribution in [0.3, 0.4) is 0 Å². The molecule has 0 fully saturated rings. The second kappa shape index (κ2) is 6.30. The molecule has 0 saturated carbocycles. The monoisotopic (exact) mass is 326 g/mol. The van der Waals surface area contributed by atoms with Crippen LogP contribution in [0, 0.1) is 12.7 Å². The van der Waals surface area contributed by atoms with Crippen LogP contribution in [-0.2, 0) is 0 Å². The number of aryl methyl sites for hydroxylation is 1. The molecule has 0 aliphatic rings. The predicted molar refractivity (Wildman–Crippen MR) is 91.4 cm³/mol. The van der Waals surface area contributed by atoms with Crippen molar-refractivity contribution in [2.45, 2.75) is 6.92 Å². The Balaban J connectivity index is 1.84. The van der Waals surface area contributed by atoms with Gasteiger partial charge < -0.3 is 0 Å². The molecule has 23 heavy (non-hydrogen) atoms. The summed E-state index contributed by atoms with van der Waals surface area (Å²) in [5.41, 5.74) is 3.22. The summed E-state index contributed by atoms with van der Waals surface area (Å²) in [6, 6.07) is 13.6. The van der Waals surface area contributed by atoms with Gasteiger partial charge >= 0.3 is 0 Å². The quantitative estimate of drug-likeness (QED) is 0.708. The molecule has 116 valence electrons. The van der Waals surface area contributed by atoms with E-state index >= 15 is 0 Å². The molecule has 0 atom stereocenters. The van der Waals surface area contributed by atoms with E-state index in [1.807, 2.05) is 30.5 Å². The zero-order valence-corrected chi connectivity index (χ0v) is 13.6. The van der Waals surface area contributed by atoms with Crippen molar-refractivity contribution in [2.75, 3.05) is 11.9 Å². The first kappa shape index (κ1) is 15.4. The third kappa shape index (κ3) is 3.29. The Labute approximate surface area is 138 Å². The van der Waals surface area contributed by atoms with Crippen LogP contribution >= 0.6 is 11.3 Å². The van der Waals surface area contributed by atoms with Gasteiger partial charge in [0, 0.05) is 23.6 Å². The van der Waals surface area contributed by atoms with Gasteiger partial charge in [-0.05, 0) is 43.3 Å². The molecular formula is C18H15FN2OS. The first-order chi connectivity index (χ1) is 11.0. The average molecular weight is 326 g/mol. The van der Waals surface area contributed by atoms with Gasteiger partial charge in [-0.1, -0.05) is 17.7 Å². The fraction of sp³-hybridized carbons (Fsp3) is 0.111. The van der Waals surface area contributed by atoms with E-state index in [-0.39, 0.29) is 11.7 Å². The largest absolute Gasteiger partial charge is 0.287 e. The lowest BCUT2D eigenvalue weighted by molar-refractivity contribution is 0.0993. The maximum absolute atomic E-state index is 13.0. The number of aromatic nitrogens is 1. The molecule has 3 nitrogen and oxygen atoms in total. The third-order valence-corrected chi connectivity index (χ3v) is 4.41. The molecule has 0 unspecified atom stereocenters. The summed E-state index contributed by atoms with van der Waals surface area (Å²) >= 11 is 1.38. The Morgan fingerprint density at radius 2 is 1.91 bits per heavy atom. The number of rotatable bonds is 3. The molecule has 0 spiro atoms. The Hall–Kier alpha value is -2.53. The number of amides is 1. The lowest BCUT2D eigenvalue weighted by Gasteiger charge is -2.14. The molecule has 3 aromatic rings. The van der Waals surface area contributed by atoms with Crippen molar-refractivity contribution < 1.29 is 9.18 Å². The zero-order valence-electron chi connectivity index (χ0n) is 12.8. The molecule has 0 aliphatic heterocycles. The van der Waals surface area contributed by atoms with Crippen molar-refractivity contribution in [3.63, 3.8) is 0 Å². The first-order valence-corrected chi connectivity index (χ1v) is 7.99. The van der Waals surface area contributed by atoms with Crippen LogP contribution in [0.2, 0.25) is 0 Å². The highest BCUT2D eigenvalue weighted by molar-refractivity contribution is 7.14. The van der Waals surface area contributed by atoms with Crippen LogP contribution in [-0.4, -0.2) is 17.9 Å². The smallest absolute Gasteiger partial charge is 0.259 e. The Kier molecular flexibility index (Phi) is 4.21. The molecule has 1 aromatic heterocycles. The Morgan fingerprint density at radius 3 is 2.61 bits per heavy atom. The van der Waals surface area contributed by atoms with Crippen molar-refractivity contribution in [3.05, 3.63) is 70.9 Å². The maximum atomic E-state index is 13.0. The topological polar surface area (TPSA) is 33.2 Å². The van der Waals surface area contributed by atoms with Crippen molar-refractivity contribution in [1.82, 2.24) is 4.98 Å². The van der Waals surface area contributed by atoms with E-state index in [1.54, 1.807) is 25.2 Å². The molecular weight excluding hydrogens is 311 g/mol. The van der Waals surface area contributed by atoms with Gasteiger partial charge in [-0.25, -0.2) is 9.37 Å². The first-order valence-electron chi connectivity index (χ1n) is 7.11. The summed E-state index contributed by atoms with van der Waals surface area (Å²) in [7, 11) is 1.71. The summed E-state index contributed by atoms with van der Waals surface area (Å²) in [5, 5.41) is 2.47. The van der Waals surface area contributed by atoms with Crippen LogP contribution < -0.4 is 4.90 Å². The Bertz CT molecular complexity index is 842. The van der Waals surface area contributed by atoms with Crippen molar-refractivity contribution >= 4 is 22.4 Å². The van der Waals surface area contributed by atoms with Gasteiger partial charge in [0.1, 0.15) is 5.82 Å². The highest BCUT2D eigenvalue weighted by Gasteiger charge is 2.17. The highest BCUT2D eigenvalue weighted by Crippen LogP contribution is 2.27. The molecule has 5 heteroatoms. The second-order valence-electron chi connectivity index (χ2n) is 5.26. The predicted octanol–water partition coefficient (Wildman–Crippen LogP) is 4.53. The molecule has 0 radical (unpaired) electrons. The van der Waals surface area contributed by atoms with Crippen molar-refractivity contribution in [1.29, 1.82) is 0 Å². The van der Waals surface area contributed by atoms with Crippen LogP contribution in [0.1, 0.15) is 15.9 Å². The number of halogens is 1. The number of benzene rings is 2. The molecule has 0 bridgehead atoms. The highest BCUT2D eigenvalue weighted by atomic mass is 32.1. The number of carbonyl (C=O) groups excluding carboxylic acids is 1.